The first-order valence-corrected chi connectivity index (χ1v) is 20.4. The van der Waals surface area contributed by atoms with Crippen LogP contribution in [0.5, 0.6) is 5.75 Å². The molecule has 0 radical (unpaired) electrons. The maximum Gasteiger partial charge on any atom is 0.408 e. The molecular weight excluding hydrogens is 749 g/mol. The van der Waals surface area contributed by atoms with Crippen LogP contribution in [0.1, 0.15) is 92.1 Å². The number of carbonyl (C=O) groups is 5. The first-order valence-electron chi connectivity index (χ1n) is 19.6. The van der Waals surface area contributed by atoms with Crippen molar-refractivity contribution in [3.63, 3.8) is 0 Å². The normalized spacial score (nSPS) is 22.8. The number of hydrogen-bond donors (Lipinski definition) is 4. The highest BCUT2D eigenvalue weighted by Gasteiger charge is 2.61. The molecule has 3 aromatic rings. The van der Waals surface area contributed by atoms with Crippen LogP contribution in [-0.2, 0) is 23.9 Å². The lowest BCUT2D eigenvalue weighted by Gasteiger charge is -2.35. The first-order chi connectivity index (χ1) is 26.8. The van der Waals surface area contributed by atoms with Crippen molar-refractivity contribution >= 4 is 57.2 Å². The molecule has 0 spiro atoms. The van der Waals surface area contributed by atoms with E-state index in [9.17, 15) is 29.1 Å². The van der Waals surface area contributed by atoms with E-state index in [-0.39, 0.29) is 36.8 Å². The van der Waals surface area contributed by atoms with Gasteiger partial charge in [0.15, 0.2) is 5.13 Å². The number of aryl methyl sites for hydroxylation is 1. The Balaban J connectivity index is 1.30. The van der Waals surface area contributed by atoms with E-state index < -0.39 is 58.9 Å². The van der Waals surface area contributed by atoms with Crippen molar-refractivity contribution in [1.29, 1.82) is 0 Å². The standard InChI is InChI=1S/C42H54N6O8S/c1-9-24-19-42(24,37(52)53)47-35(50)31-17-26(21-48(31)36(51)34(41(6,7)8)46-39(54)56-25-12-10-11-13-25)55-32-18-29(43-28-16-23(2)14-15-27(28)32)30-22-57-38(44-30)45-33(49)20-40(3,4)5/h9,14-16,18,22,24-26,31,34H,1,10-13,17,19-21H2,2-8H3,(H,46,54)(H,47,50)(H,52,53)(H,44,45,49)/t24-,26-,31+,34-,42-/m1/s1. The Labute approximate surface area is 337 Å². The molecule has 1 aromatic carbocycles. The van der Waals surface area contributed by atoms with E-state index in [0.717, 1.165) is 31.2 Å². The molecule has 2 aromatic heterocycles. The van der Waals surface area contributed by atoms with Gasteiger partial charge in [0.05, 0.1) is 17.8 Å². The highest BCUT2D eigenvalue weighted by Crippen LogP contribution is 2.45. The van der Waals surface area contributed by atoms with E-state index in [4.69, 9.17) is 14.5 Å². The summed E-state index contributed by atoms with van der Waals surface area (Å²) in [6, 6.07) is 5.32. The quantitative estimate of drug-likeness (QED) is 0.145. The number of carboxylic acids is 1. The van der Waals surface area contributed by atoms with Crippen LogP contribution in [0, 0.1) is 23.7 Å². The molecule has 4 amide bonds. The van der Waals surface area contributed by atoms with Gasteiger partial charge in [-0.2, -0.15) is 0 Å². The minimum atomic E-state index is -1.52. The van der Waals surface area contributed by atoms with E-state index in [1.54, 1.807) is 11.4 Å². The Hall–Kier alpha value is -5.05. The molecule has 1 aliphatic heterocycles. The Bertz CT molecular complexity index is 2060. The average Bonchev–Trinajstić information content (AvgIpc) is 3.52. The summed E-state index contributed by atoms with van der Waals surface area (Å²) in [7, 11) is 0. The molecule has 5 atom stereocenters. The molecule has 3 aliphatic rings. The van der Waals surface area contributed by atoms with E-state index in [2.05, 4.69) is 27.5 Å². The molecule has 4 N–H and O–H groups in total. The molecule has 6 rings (SSSR count). The summed E-state index contributed by atoms with van der Waals surface area (Å²) in [5.74, 6) is -2.49. The predicted octanol–water partition coefficient (Wildman–Crippen LogP) is 6.62. The largest absolute Gasteiger partial charge is 0.488 e. The average molecular weight is 803 g/mol. The zero-order chi connectivity index (χ0) is 41.4. The van der Waals surface area contributed by atoms with Crippen LogP contribution in [0.2, 0.25) is 0 Å². The zero-order valence-electron chi connectivity index (χ0n) is 33.8. The van der Waals surface area contributed by atoms with Crippen molar-refractivity contribution in [1.82, 2.24) is 25.5 Å². The summed E-state index contributed by atoms with van der Waals surface area (Å²) < 4.78 is 12.4. The van der Waals surface area contributed by atoms with Crippen LogP contribution in [0.25, 0.3) is 22.3 Å². The molecular formula is C42H54N6O8S. The molecule has 1 saturated heterocycles. The minimum Gasteiger partial charge on any atom is -0.488 e. The van der Waals surface area contributed by atoms with Gasteiger partial charge in [0.25, 0.3) is 0 Å². The van der Waals surface area contributed by atoms with Crippen LogP contribution in [0.15, 0.2) is 42.3 Å². The van der Waals surface area contributed by atoms with Crippen molar-refractivity contribution in [3.8, 4) is 17.1 Å². The fourth-order valence-electron chi connectivity index (χ4n) is 7.63. The number of thiazole rings is 1. The lowest BCUT2D eigenvalue weighted by molar-refractivity contribution is -0.146. The van der Waals surface area contributed by atoms with Gasteiger partial charge in [-0.15, -0.1) is 17.9 Å². The van der Waals surface area contributed by atoms with E-state index in [1.165, 1.54) is 22.3 Å². The number of nitrogens with one attached hydrogen (secondary N) is 3. The number of ether oxygens (including phenoxy) is 2. The maximum absolute atomic E-state index is 14.6. The van der Waals surface area contributed by atoms with Gasteiger partial charge >= 0.3 is 12.1 Å². The second-order valence-corrected chi connectivity index (χ2v) is 18.8. The van der Waals surface area contributed by atoms with Crippen molar-refractivity contribution in [2.45, 2.75) is 123 Å². The van der Waals surface area contributed by atoms with Gasteiger partial charge < -0.3 is 35.4 Å². The summed E-state index contributed by atoms with van der Waals surface area (Å²) in [5, 5.41) is 21.4. The number of carboxylic acid groups (broad SMARTS) is 1. The van der Waals surface area contributed by atoms with Crippen LogP contribution < -0.4 is 20.7 Å². The molecule has 0 unspecified atom stereocenters. The summed E-state index contributed by atoms with van der Waals surface area (Å²) in [4.78, 5) is 77.8. The molecule has 2 saturated carbocycles. The number of carbonyl (C=O) groups excluding carboxylic acids is 4. The monoisotopic (exact) mass is 802 g/mol. The molecule has 2 aliphatic carbocycles. The summed E-state index contributed by atoms with van der Waals surface area (Å²) in [6.07, 6.45) is 3.86. The van der Waals surface area contributed by atoms with Crippen molar-refractivity contribution in [3.05, 3.63) is 47.9 Å². The number of benzene rings is 1. The number of hydrogen-bond acceptors (Lipinski definition) is 10. The van der Waals surface area contributed by atoms with Crippen molar-refractivity contribution in [2.75, 3.05) is 11.9 Å². The van der Waals surface area contributed by atoms with E-state index >= 15 is 0 Å². The third-order valence-electron chi connectivity index (χ3n) is 10.8. The topological polar surface area (TPSA) is 189 Å². The SMILES string of the molecule is C=C[C@@H]1C[C@]1(NC(=O)[C@@H]1C[C@@H](Oc2cc(-c3csc(NC(=O)CC(C)(C)C)n3)nc3cc(C)ccc23)CN1C(=O)[C@@H](NC(=O)OC1CCCC1)C(C)(C)C)C(=O)O. The maximum atomic E-state index is 14.6. The molecule has 15 heteroatoms. The van der Waals surface area contributed by atoms with Gasteiger partial charge in [-0.3, -0.25) is 14.4 Å². The number of likely N-dealkylation sites (tertiary alicyclic amines) is 1. The number of rotatable bonds is 12. The first kappa shape index (κ1) is 41.6. The highest BCUT2D eigenvalue weighted by atomic mass is 32.1. The van der Waals surface area contributed by atoms with Gasteiger partial charge in [0.1, 0.15) is 41.3 Å². The minimum absolute atomic E-state index is 0.0283. The van der Waals surface area contributed by atoms with Gasteiger partial charge in [0, 0.05) is 35.6 Å². The van der Waals surface area contributed by atoms with Crippen molar-refractivity contribution in [2.24, 2.45) is 16.7 Å². The smallest absolute Gasteiger partial charge is 0.408 e. The number of anilines is 1. The number of pyridine rings is 1. The number of nitrogens with zero attached hydrogens (tertiary/aromatic N) is 3. The molecule has 57 heavy (non-hydrogen) atoms. The number of aromatic nitrogens is 2. The number of fused-ring (bicyclic) bond motifs is 1. The third kappa shape index (κ3) is 9.57. The van der Waals surface area contributed by atoms with Crippen LogP contribution in [-0.4, -0.2) is 86.1 Å². The highest BCUT2D eigenvalue weighted by molar-refractivity contribution is 7.14. The third-order valence-corrected chi connectivity index (χ3v) is 11.5. The number of aliphatic carboxylic acids is 1. The molecule has 3 fully saturated rings. The predicted molar refractivity (Wildman–Crippen MR) is 217 cm³/mol. The van der Waals surface area contributed by atoms with Gasteiger partial charge in [-0.05, 0) is 67.6 Å². The Morgan fingerprint density at radius 1 is 1.05 bits per heavy atom. The van der Waals surface area contributed by atoms with Crippen molar-refractivity contribution < 1.29 is 38.6 Å². The van der Waals surface area contributed by atoms with Gasteiger partial charge in [-0.25, -0.2) is 19.6 Å². The molecule has 3 heterocycles. The van der Waals surface area contributed by atoms with Crippen LogP contribution in [0.3, 0.4) is 0 Å². The van der Waals surface area contributed by atoms with E-state index in [1.807, 2.05) is 66.7 Å². The summed E-state index contributed by atoms with van der Waals surface area (Å²) >= 11 is 1.28. The number of alkyl carbamates (subject to hydrolysis) is 1. The number of amides is 4. The fourth-order valence-corrected chi connectivity index (χ4v) is 8.35. The second-order valence-electron chi connectivity index (χ2n) is 17.9. The lowest BCUT2D eigenvalue weighted by atomic mass is 9.85. The molecule has 0 bridgehead atoms. The van der Waals surface area contributed by atoms with Crippen LogP contribution >= 0.6 is 11.3 Å². The lowest BCUT2D eigenvalue weighted by Crippen LogP contribution is -2.59. The Kier molecular flexibility index (Phi) is 11.7. The Morgan fingerprint density at radius 2 is 1.77 bits per heavy atom. The van der Waals surface area contributed by atoms with Gasteiger partial charge in [0.2, 0.25) is 17.7 Å². The summed E-state index contributed by atoms with van der Waals surface area (Å²) in [5.41, 5.74) is 0.141. The van der Waals surface area contributed by atoms with Gasteiger partial charge in [-0.1, -0.05) is 53.7 Å². The van der Waals surface area contributed by atoms with Crippen LogP contribution in [0.4, 0.5) is 9.93 Å². The molecule has 306 valence electrons. The summed E-state index contributed by atoms with van der Waals surface area (Å²) in [6.45, 7) is 17.1. The Morgan fingerprint density at radius 3 is 2.40 bits per heavy atom. The fraction of sp³-hybridized carbons (Fsp3) is 0.548. The zero-order valence-corrected chi connectivity index (χ0v) is 34.6. The second kappa shape index (κ2) is 16.1. The van der Waals surface area contributed by atoms with E-state index in [0.29, 0.717) is 39.6 Å². The molecule has 14 nitrogen and oxygen atoms in total.